The summed E-state index contributed by atoms with van der Waals surface area (Å²) in [5.41, 5.74) is 8.34. The molecule has 16 heavy (non-hydrogen) atoms. The van der Waals surface area contributed by atoms with Gasteiger partial charge in [0.1, 0.15) is 0 Å². The summed E-state index contributed by atoms with van der Waals surface area (Å²) in [6.07, 6.45) is 8.63. The molecule has 1 fully saturated rings. The van der Waals surface area contributed by atoms with E-state index in [2.05, 4.69) is 11.1 Å². The van der Waals surface area contributed by atoms with Gasteiger partial charge in [-0.15, -0.1) is 0 Å². The van der Waals surface area contributed by atoms with Gasteiger partial charge in [-0.05, 0) is 30.9 Å². The van der Waals surface area contributed by atoms with Gasteiger partial charge < -0.3 is 10.5 Å². The second-order valence-corrected chi connectivity index (χ2v) is 4.67. The lowest BCUT2D eigenvalue weighted by Crippen LogP contribution is -2.39. The molecule has 1 saturated carbocycles. The molecular weight excluding hydrogens is 200 g/mol. The summed E-state index contributed by atoms with van der Waals surface area (Å²) in [5, 5.41) is 0. The molecule has 0 aliphatic heterocycles. The maximum absolute atomic E-state index is 6.03. The number of nitrogens with zero attached hydrogens (tertiary/aromatic N) is 1. The van der Waals surface area contributed by atoms with Gasteiger partial charge in [-0.3, -0.25) is 4.98 Å². The molecule has 1 heterocycles. The summed E-state index contributed by atoms with van der Waals surface area (Å²) < 4.78 is 5.87. The van der Waals surface area contributed by atoms with Crippen molar-refractivity contribution in [3.05, 3.63) is 29.6 Å². The van der Waals surface area contributed by atoms with E-state index in [1.807, 2.05) is 19.3 Å². The fraction of sp³-hybridized carbons (Fsp3) is 0.615. The molecule has 0 radical (unpaired) electrons. The Morgan fingerprint density at radius 2 is 2.19 bits per heavy atom. The number of aryl methyl sites for hydroxylation is 1. The monoisotopic (exact) mass is 220 g/mol. The van der Waals surface area contributed by atoms with E-state index in [9.17, 15) is 0 Å². The van der Waals surface area contributed by atoms with Gasteiger partial charge in [0.15, 0.2) is 0 Å². The normalized spacial score (nSPS) is 25.6. The van der Waals surface area contributed by atoms with Crippen LogP contribution in [0.2, 0.25) is 0 Å². The van der Waals surface area contributed by atoms with E-state index >= 15 is 0 Å². The molecular formula is C13H20N2O. The van der Waals surface area contributed by atoms with Crippen LogP contribution in [0, 0.1) is 6.92 Å². The molecule has 2 atom stereocenters. The molecule has 0 amide bonds. The molecule has 3 heteroatoms. The summed E-state index contributed by atoms with van der Waals surface area (Å²) in [6.45, 7) is 2.68. The van der Waals surface area contributed by atoms with Gasteiger partial charge in [0.25, 0.3) is 0 Å². The van der Waals surface area contributed by atoms with Crippen molar-refractivity contribution >= 4 is 0 Å². The maximum atomic E-state index is 6.03. The predicted octanol–water partition coefficient (Wildman–Crippen LogP) is 2.18. The van der Waals surface area contributed by atoms with Crippen LogP contribution in [0.4, 0.5) is 0 Å². The second-order valence-electron chi connectivity index (χ2n) is 4.67. The number of rotatable bonds is 3. The Morgan fingerprint density at radius 1 is 1.38 bits per heavy atom. The number of nitrogens with two attached hydrogens (primary N) is 1. The van der Waals surface area contributed by atoms with Crippen LogP contribution in [-0.2, 0) is 11.3 Å². The van der Waals surface area contributed by atoms with E-state index < -0.39 is 0 Å². The van der Waals surface area contributed by atoms with Crippen LogP contribution in [0.15, 0.2) is 18.5 Å². The summed E-state index contributed by atoms with van der Waals surface area (Å²) in [5.74, 6) is 0. The van der Waals surface area contributed by atoms with E-state index in [4.69, 9.17) is 10.5 Å². The minimum absolute atomic E-state index is 0.214. The van der Waals surface area contributed by atoms with Crippen molar-refractivity contribution in [1.29, 1.82) is 0 Å². The minimum Gasteiger partial charge on any atom is -0.372 e. The molecule has 2 N–H and O–H groups in total. The summed E-state index contributed by atoms with van der Waals surface area (Å²) in [6, 6.07) is 2.33. The average molecular weight is 220 g/mol. The molecule has 1 aromatic rings. The number of pyridine rings is 1. The zero-order valence-corrected chi connectivity index (χ0v) is 9.86. The lowest BCUT2D eigenvalue weighted by Gasteiger charge is -2.28. The Labute approximate surface area is 97.0 Å². The van der Waals surface area contributed by atoms with Crippen molar-refractivity contribution in [2.45, 2.75) is 51.4 Å². The highest BCUT2D eigenvalue weighted by Gasteiger charge is 2.22. The van der Waals surface area contributed by atoms with Crippen molar-refractivity contribution in [3.63, 3.8) is 0 Å². The number of aromatic nitrogens is 1. The first kappa shape index (κ1) is 11.6. The standard InChI is InChI=1S/C13H20N2O/c1-10-6-11(8-15-7-10)9-16-13-5-3-2-4-12(13)14/h6-8,12-13H,2-5,9,14H2,1H3. The first-order valence-corrected chi connectivity index (χ1v) is 6.03. The summed E-state index contributed by atoms with van der Waals surface area (Å²) in [7, 11) is 0. The minimum atomic E-state index is 0.214. The van der Waals surface area contributed by atoms with Gasteiger partial charge in [0, 0.05) is 18.4 Å². The van der Waals surface area contributed by atoms with Crippen molar-refractivity contribution in [1.82, 2.24) is 4.98 Å². The van der Waals surface area contributed by atoms with E-state index in [1.165, 1.54) is 18.4 Å². The van der Waals surface area contributed by atoms with Gasteiger partial charge in [-0.25, -0.2) is 0 Å². The largest absolute Gasteiger partial charge is 0.372 e. The highest BCUT2D eigenvalue weighted by atomic mass is 16.5. The third-order valence-corrected chi connectivity index (χ3v) is 3.15. The summed E-state index contributed by atoms with van der Waals surface area (Å²) in [4.78, 5) is 4.16. The fourth-order valence-corrected chi connectivity index (χ4v) is 2.23. The lowest BCUT2D eigenvalue weighted by molar-refractivity contribution is 0.00391. The van der Waals surface area contributed by atoms with E-state index in [-0.39, 0.29) is 12.1 Å². The van der Waals surface area contributed by atoms with Crippen LogP contribution in [0.25, 0.3) is 0 Å². The van der Waals surface area contributed by atoms with E-state index in [0.717, 1.165) is 18.4 Å². The van der Waals surface area contributed by atoms with Gasteiger partial charge >= 0.3 is 0 Å². The molecule has 88 valence electrons. The highest BCUT2D eigenvalue weighted by molar-refractivity contribution is 5.15. The second kappa shape index (κ2) is 5.41. The Bertz CT molecular complexity index is 340. The topological polar surface area (TPSA) is 48.1 Å². The predicted molar refractivity (Wildman–Crippen MR) is 64.0 cm³/mol. The van der Waals surface area contributed by atoms with Gasteiger partial charge in [-0.1, -0.05) is 18.9 Å². The zero-order chi connectivity index (χ0) is 11.4. The van der Waals surface area contributed by atoms with Crippen molar-refractivity contribution in [2.24, 2.45) is 5.73 Å². The molecule has 0 bridgehead atoms. The Hall–Kier alpha value is -0.930. The average Bonchev–Trinajstić information content (AvgIpc) is 2.28. The molecule has 0 saturated heterocycles. The molecule has 0 spiro atoms. The fourth-order valence-electron chi connectivity index (χ4n) is 2.23. The molecule has 1 aromatic heterocycles. The van der Waals surface area contributed by atoms with Gasteiger partial charge in [0.05, 0.1) is 12.7 Å². The molecule has 1 aliphatic carbocycles. The number of ether oxygens (including phenoxy) is 1. The first-order chi connectivity index (χ1) is 7.75. The quantitative estimate of drug-likeness (QED) is 0.849. The smallest absolute Gasteiger partial charge is 0.0736 e. The third kappa shape index (κ3) is 3.03. The van der Waals surface area contributed by atoms with Crippen LogP contribution >= 0.6 is 0 Å². The Kier molecular flexibility index (Phi) is 3.91. The molecule has 3 nitrogen and oxygen atoms in total. The lowest BCUT2D eigenvalue weighted by atomic mass is 9.93. The molecule has 2 unspecified atom stereocenters. The van der Waals surface area contributed by atoms with Crippen LogP contribution in [0.1, 0.15) is 36.8 Å². The highest BCUT2D eigenvalue weighted by Crippen LogP contribution is 2.20. The Morgan fingerprint density at radius 3 is 2.94 bits per heavy atom. The van der Waals surface area contributed by atoms with Crippen molar-refractivity contribution < 1.29 is 4.74 Å². The van der Waals surface area contributed by atoms with Crippen LogP contribution in [-0.4, -0.2) is 17.1 Å². The Balaban J connectivity index is 1.86. The van der Waals surface area contributed by atoms with Crippen LogP contribution in [0.5, 0.6) is 0 Å². The van der Waals surface area contributed by atoms with Gasteiger partial charge in [-0.2, -0.15) is 0 Å². The number of hydrogen-bond acceptors (Lipinski definition) is 3. The van der Waals surface area contributed by atoms with E-state index in [1.54, 1.807) is 0 Å². The molecule has 0 aromatic carbocycles. The van der Waals surface area contributed by atoms with E-state index in [0.29, 0.717) is 6.61 Å². The van der Waals surface area contributed by atoms with Crippen molar-refractivity contribution in [2.75, 3.05) is 0 Å². The SMILES string of the molecule is Cc1cncc(COC2CCCCC2N)c1. The maximum Gasteiger partial charge on any atom is 0.0736 e. The van der Waals surface area contributed by atoms with Crippen LogP contribution in [0.3, 0.4) is 0 Å². The molecule has 2 rings (SSSR count). The zero-order valence-electron chi connectivity index (χ0n) is 9.86. The summed E-state index contributed by atoms with van der Waals surface area (Å²) >= 11 is 0. The van der Waals surface area contributed by atoms with Crippen LogP contribution < -0.4 is 5.73 Å². The molecule has 1 aliphatic rings. The third-order valence-electron chi connectivity index (χ3n) is 3.15. The first-order valence-electron chi connectivity index (χ1n) is 6.03. The van der Waals surface area contributed by atoms with Gasteiger partial charge in [0.2, 0.25) is 0 Å². The van der Waals surface area contributed by atoms with Crippen molar-refractivity contribution in [3.8, 4) is 0 Å². The number of hydrogen-bond donors (Lipinski definition) is 1.